The van der Waals surface area contributed by atoms with E-state index >= 15 is 0 Å². The summed E-state index contributed by atoms with van der Waals surface area (Å²) in [6.07, 6.45) is -4.35. The normalized spacial score (nSPS) is 11.5. The first kappa shape index (κ1) is 12.3. The summed E-state index contributed by atoms with van der Waals surface area (Å²) in [6.45, 7) is -1.59. The molecule has 0 aliphatic rings. The van der Waals surface area contributed by atoms with E-state index in [0.29, 0.717) is 10.0 Å². The van der Waals surface area contributed by atoms with Crippen molar-refractivity contribution in [3.63, 3.8) is 0 Å². The maximum absolute atomic E-state index is 11.8. The van der Waals surface area contributed by atoms with Gasteiger partial charge in [0.2, 0.25) is 0 Å². The molecule has 0 unspecified atom stereocenters. The van der Waals surface area contributed by atoms with Gasteiger partial charge in [-0.2, -0.15) is 13.2 Å². The van der Waals surface area contributed by atoms with Crippen LogP contribution in [-0.2, 0) is 6.61 Å². The van der Waals surface area contributed by atoms with E-state index in [1.807, 2.05) is 0 Å². The molecule has 1 aromatic rings. The Hall–Kier alpha value is -0.750. The summed E-state index contributed by atoms with van der Waals surface area (Å²) in [7, 11) is 0. The zero-order valence-corrected chi connectivity index (χ0v) is 9.10. The lowest BCUT2D eigenvalue weighted by Gasteiger charge is -2.10. The van der Waals surface area contributed by atoms with Crippen LogP contribution in [0, 0.1) is 0 Å². The van der Waals surface area contributed by atoms with Gasteiger partial charge < -0.3 is 9.84 Å². The van der Waals surface area contributed by atoms with Gasteiger partial charge in [-0.15, -0.1) is 0 Å². The van der Waals surface area contributed by atoms with Crippen molar-refractivity contribution in [1.29, 1.82) is 0 Å². The predicted octanol–water partition coefficient (Wildman–Crippen LogP) is 2.88. The molecule has 0 aliphatic heterocycles. The van der Waals surface area contributed by atoms with Crippen LogP contribution in [0.5, 0.6) is 5.75 Å². The third kappa shape index (κ3) is 4.09. The van der Waals surface area contributed by atoms with Crippen molar-refractivity contribution < 1.29 is 23.0 Å². The van der Waals surface area contributed by atoms with Crippen molar-refractivity contribution >= 4 is 15.9 Å². The maximum atomic E-state index is 11.8. The number of ether oxygens (including phenoxy) is 1. The van der Waals surface area contributed by atoms with Gasteiger partial charge in [-0.25, -0.2) is 0 Å². The first-order valence-electron chi connectivity index (χ1n) is 4.01. The molecule has 1 aromatic carbocycles. The van der Waals surface area contributed by atoms with Crippen molar-refractivity contribution in [3.05, 3.63) is 28.2 Å². The molecule has 0 saturated heterocycles. The molecule has 0 atom stereocenters. The minimum atomic E-state index is -4.35. The summed E-state index contributed by atoms with van der Waals surface area (Å²) < 4.78 is 40.6. The van der Waals surface area contributed by atoms with E-state index in [4.69, 9.17) is 5.11 Å². The van der Waals surface area contributed by atoms with Crippen LogP contribution >= 0.6 is 15.9 Å². The number of hydrogen-bond donors (Lipinski definition) is 1. The van der Waals surface area contributed by atoms with Gasteiger partial charge in [0.05, 0.1) is 6.61 Å². The van der Waals surface area contributed by atoms with Gasteiger partial charge in [-0.05, 0) is 23.8 Å². The number of aliphatic hydroxyl groups excluding tert-OH is 1. The third-order valence-corrected chi connectivity index (χ3v) is 2.36. The van der Waals surface area contributed by atoms with Gasteiger partial charge in [-0.1, -0.05) is 15.9 Å². The highest BCUT2D eigenvalue weighted by atomic mass is 79.9. The Morgan fingerprint density at radius 1 is 1.33 bits per heavy atom. The monoisotopic (exact) mass is 284 g/mol. The highest BCUT2D eigenvalue weighted by molar-refractivity contribution is 9.10. The molecule has 0 aromatic heterocycles. The van der Waals surface area contributed by atoms with E-state index in [0.717, 1.165) is 0 Å². The van der Waals surface area contributed by atoms with Crippen LogP contribution in [0.3, 0.4) is 0 Å². The molecule has 0 amide bonds. The second-order valence-electron chi connectivity index (χ2n) is 2.82. The van der Waals surface area contributed by atoms with Crippen molar-refractivity contribution in [3.8, 4) is 5.75 Å². The van der Waals surface area contributed by atoms with E-state index < -0.39 is 12.8 Å². The first-order valence-corrected chi connectivity index (χ1v) is 4.80. The van der Waals surface area contributed by atoms with E-state index in [2.05, 4.69) is 20.7 Å². The average Bonchev–Trinajstić information content (AvgIpc) is 2.15. The summed E-state index contributed by atoms with van der Waals surface area (Å²) in [5, 5.41) is 8.86. The molecule has 1 rings (SSSR count). The number of hydrogen-bond acceptors (Lipinski definition) is 2. The molecule has 84 valence electrons. The van der Waals surface area contributed by atoms with Crippen molar-refractivity contribution in [2.24, 2.45) is 0 Å². The zero-order chi connectivity index (χ0) is 11.5. The molecule has 2 nitrogen and oxygen atoms in total. The molecule has 0 aliphatic carbocycles. The van der Waals surface area contributed by atoms with Crippen molar-refractivity contribution in [2.75, 3.05) is 6.61 Å². The van der Waals surface area contributed by atoms with Gasteiger partial charge in [0.1, 0.15) is 5.75 Å². The quantitative estimate of drug-likeness (QED) is 0.925. The fourth-order valence-corrected chi connectivity index (χ4v) is 1.30. The van der Waals surface area contributed by atoms with Gasteiger partial charge in [0, 0.05) is 4.47 Å². The summed E-state index contributed by atoms with van der Waals surface area (Å²) >= 11 is 3.14. The number of rotatable bonds is 3. The Labute approximate surface area is 92.8 Å². The summed E-state index contributed by atoms with van der Waals surface area (Å²) in [6, 6.07) is 4.28. The molecular formula is C9H8BrF3O2. The van der Waals surface area contributed by atoms with E-state index in [1.165, 1.54) is 18.2 Å². The molecule has 0 saturated carbocycles. The van der Waals surface area contributed by atoms with Crippen LogP contribution in [0.15, 0.2) is 22.7 Å². The fourth-order valence-electron chi connectivity index (χ4n) is 0.927. The highest BCUT2D eigenvalue weighted by Gasteiger charge is 2.28. The Morgan fingerprint density at radius 3 is 2.53 bits per heavy atom. The number of alkyl halides is 3. The van der Waals surface area contributed by atoms with Gasteiger partial charge in [0.15, 0.2) is 6.61 Å². The van der Waals surface area contributed by atoms with E-state index in [9.17, 15) is 13.2 Å². The molecule has 0 heterocycles. The lowest BCUT2D eigenvalue weighted by Crippen LogP contribution is -2.19. The fraction of sp³-hybridized carbons (Fsp3) is 0.333. The standard InChI is InChI=1S/C9H8BrF3O2/c10-8-2-1-7(3-6(8)4-14)15-5-9(11,12)13/h1-3,14H,4-5H2. The lowest BCUT2D eigenvalue weighted by atomic mass is 10.2. The largest absolute Gasteiger partial charge is 0.484 e. The van der Waals surface area contributed by atoms with E-state index in [-0.39, 0.29) is 12.4 Å². The number of halogens is 4. The minimum Gasteiger partial charge on any atom is -0.484 e. The topological polar surface area (TPSA) is 29.5 Å². The lowest BCUT2D eigenvalue weighted by molar-refractivity contribution is -0.153. The zero-order valence-electron chi connectivity index (χ0n) is 7.51. The average molecular weight is 285 g/mol. The summed E-state index contributed by atoms with van der Waals surface area (Å²) in [5.41, 5.74) is 0.481. The van der Waals surface area contributed by atoms with Crippen LogP contribution in [-0.4, -0.2) is 17.9 Å². The molecule has 0 spiro atoms. The Bertz CT molecular complexity index is 339. The Morgan fingerprint density at radius 2 is 2.00 bits per heavy atom. The molecule has 0 fully saturated rings. The highest BCUT2D eigenvalue weighted by Crippen LogP contribution is 2.24. The molecule has 6 heteroatoms. The Kier molecular flexibility index (Phi) is 3.98. The summed E-state index contributed by atoms with van der Waals surface area (Å²) in [5.74, 6) is 0.0829. The molecule has 0 bridgehead atoms. The second kappa shape index (κ2) is 4.85. The van der Waals surface area contributed by atoms with Crippen LogP contribution < -0.4 is 4.74 Å². The smallest absolute Gasteiger partial charge is 0.422 e. The van der Waals surface area contributed by atoms with Crippen LogP contribution in [0.4, 0.5) is 13.2 Å². The van der Waals surface area contributed by atoms with Crippen LogP contribution in [0.2, 0.25) is 0 Å². The van der Waals surface area contributed by atoms with Crippen LogP contribution in [0.25, 0.3) is 0 Å². The van der Waals surface area contributed by atoms with E-state index in [1.54, 1.807) is 0 Å². The maximum Gasteiger partial charge on any atom is 0.422 e. The van der Waals surface area contributed by atoms with Gasteiger partial charge in [0.25, 0.3) is 0 Å². The minimum absolute atomic E-state index is 0.0829. The first-order chi connectivity index (χ1) is 6.92. The predicted molar refractivity (Wildman–Crippen MR) is 51.6 cm³/mol. The van der Waals surface area contributed by atoms with Gasteiger partial charge in [-0.3, -0.25) is 0 Å². The third-order valence-electron chi connectivity index (χ3n) is 1.59. The molecule has 1 N–H and O–H groups in total. The second-order valence-corrected chi connectivity index (χ2v) is 3.67. The van der Waals surface area contributed by atoms with Crippen molar-refractivity contribution in [2.45, 2.75) is 12.8 Å². The van der Waals surface area contributed by atoms with Crippen molar-refractivity contribution in [1.82, 2.24) is 0 Å². The van der Waals surface area contributed by atoms with Crippen LogP contribution in [0.1, 0.15) is 5.56 Å². The number of benzene rings is 1. The number of aliphatic hydroxyl groups is 1. The Balaban J connectivity index is 2.70. The SMILES string of the molecule is OCc1cc(OCC(F)(F)F)ccc1Br. The molecular weight excluding hydrogens is 277 g/mol. The summed E-state index contributed by atoms with van der Waals surface area (Å²) in [4.78, 5) is 0. The molecule has 15 heavy (non-hydrogen) atoms. The molecule has 0 radical (unpaired) electrons. The van der Waals surface area contributed by atoms with Gasteiger partial charge >= 0.3 is 6.18 Å².